The molecular formula is C15H18N2O3. The molecule has 5 heteroatoms. The number of hydrogen-bond acceptors (Lipinski definition) is 4. The molecular weight excluding hydrogens is 256 g/mol. The number of anilines is 1. The monoisotopic (exact) mass is 274 g/mol. The van der Waals surface area contributed by atoms with Crippen LogP contribution in [-0.2, 0) is 4.79 Å². The predicted octanol–water partition coefficient (Wildman–Crippen LogP) is 2.40. The van der Waals surface area contributed by atoms with Gasteiger partial charge in [-0.1, -0.05) is 0 Å². The Balaban J connectivity index is 2.35. The molecule has 1 N–H and O–H groups in total. The lowest BCUT2D eigenvalue weighted by Gasteiger charge is -2.37. The number of hydrogen-bond donors (Lipinski definition) is 1. The van der Waals surface area contributed by atoms with Gasteiger partial charge in [-0.2, -0.15) is 5.26 Å². The van der Waals surface area contributed by atoms with E-state index in [-0.39, 0.29) is 12.5 Å². The van der Waals surface area contributed by atoms with Gasteiger partial charge in [-0.3, -0.25) is 4.79 Å². The molecule has 1 saturated heterocycles. The Kier molecular flexibility index (Phi) is 4.46. The summed E-state index contributed by atoms with van der Waals surface area (Å²) in [5.74, 6) is -0.123. The fourth-order valence-electron chi connectivity index (χ4n) is 2.70. The van der Waals surface area contributed by atoms with Crippen molar-refractivity contribution in [1.29, 1.82) is 5.26 Å². The average molecular weight is 274 g/mol. The standard InChI is InChI=1S/C15H18N2O3/c1-20-13-6-5-11(10-16)14(9-13)17-7-3-2-4-12(17)8-15(18)19/h5-6,9,12H,2-4,7-8H2,1H3,(H,18,19). The summed E-state index contributed by atoms with van der Waals surface area (Å²) in [5.41, 5.74) is 1.33. The predicted molar refractivity (Wildman–Crippen MR) is 74.9 cm³/mol. The Labute approximate surface area is 118 Å². The molecule has 0 bridgehead atoms. The Morgan fingerprint density at radius 2 is 2.35 bits per heavy atom. The normalized spacial score (nSPS) is 18.4. The minimum atomic E-state index is -0.802. The van der Waals surface area contributed by atoms with Crippen molar-refractivity contribution in [3.63, 3.8) is 0 Å². The first kappa shape index (κ1) is 14.2. The molecule has 2 rings (SSSR count). The highest BCUT2D eigenvalue weighted by Crippen LogP contribution is 2.32. The fraction of sp³-hybridized carbons (Fsp3) is 0.467. The lowest BCUT2D eigenvalue weighted by Crippen LogP contribution is -2.41. The van der Waals surface area contributed by atoms with Crippen LogP contribution in [0.25, 0.3) is 0 Å². The molecule has 1 aliphatic rings. The number of carboxylic acids is 1. The molecule has 1 aliphatic heterocycles. The van der Waals surface area contributed by atoms with Gasteiger partial charge in [0.1, 0.15) is 11.8 Å². The van der Waals surface area contributed by atoms with Crippen LogP contribution in [0.4, 0.5) is 5.69 Å². The zero-order valence-electron chi connectivity index (χ0n) is 11.5. The van der Waals surface area contributed by atoms with E-state index in [2.05, 4.69) is 6.07 Å². The number of nitrogens with zero attached hydrogens (tertiary/aromatic N) is 2. The van der Waals surface area contributed by atoms with E-state index in [0.29, 0.717) is 11.3 Å². The Morgan fingerprint density at radius 1 is 1.55 bits per heavy atom. The maximum atomic E-state index is 11.0. The number of nitriles is 1. The molecule has 1 heterocycles. The van der Waals surface area contributed by atoms with Gasteiger partial charge in [-0.15, -0.1) is 0 Å². The van der Waals surface area contributed by atoms with Crippen molar-refractivity contribution in [2.24, 2.45) is 0 Å². The van der Waals surface area contributed by atoms with Crippen LogP contribution in [0.2, 0.25) is 0 Å². The molecule has 0 aliphatic carbocycles. The zero-order valence-corrected chi connectivity index (χ0v) is 11.5. The van der Waals surface area contributed by atoms with Gasteiger partial charge in [0.2, 0.25) is 0 Å². The first-order valence-electron chi connectivity index (χ1n) is 6.72. The van der Waals surface area contributed by atoms with E-state index >= 15 is 0 Å². The molecule has 0 radical (unpaired) electrons. The topological polar surface area (TPSA) is 73.6 Å². The van der Waals surface area contributed by atoms with Crippen molar-refractivity contribution in [2.75, 3.05) is 18.6 Å². The van der Waals surface area contributed by atoms with Crippen LogP contribution >= 0.6 is 0 Å². The third kappa shape index (κ3) is 3.02. The first-order chi connectivity index (χ1) is 9.65. The highest BCUT2D eigenvalue weighted by atomic mass is 16.5. The molecule has 1 aromatic carbocycles. The fourth-order valence-corrected chi connectivity index (χ4v) is 2.70. The molecule has 0 saturated carbocycles. The third-order valence-corrected chi connectivity index (χ3v) is 3.67. The summed E-state index contributed by atoms with van der Waals surface area (Å²) in [5, 5.41) is 18.3. The van der Waals surface area contributed by atoms with Crippen molar-refractivity contribution >= 4 is 11.7 Å². The quantitative estimate of drug-likeness (QED) is 0.912. The molecule has 5 nitrogen and oxygen atoms in total. The van der Waals surface area contributed by atoms with Crippen LogP contribution in [-0.4, -0.2) is 30.8 Å². The van der Waals surface area contributed by atoms with Crippen molar-refractivity contribution in [1.82, 2.24) is 0 Å². The number of carboxylic acid groups (broad SMARTS) is 1. The largest absolute Gasteiger partial charge is 0.497 e. The number of ether oxygens (including phenoxy) is 1. The van der Waals surface area contributed by atoms with Gasteiger partial charge >= 0.3 is 5.97 Å². The maximum Gasteiger partial charge on any atom is 0.305 e. The number of methoxy groups -OCH3 is 1. The van der Waals surface area contributed by atoms with Crippen LogP contribution < -0.4 is 9.64 Å². The molecule has 1 fully saturated rings. The van der Waals surface area contributed by atoms with E-state index in [9.17, 15) is 10.1 Å². The van der Waals surface area contributed by atoms with Crippen molar-refractivity contribution < 1.29 is 14.6 Å². The molecule has 0 spiro atoms. The van der Waals surface area contributed by atoms with Gasteiger partial charge in [-0.25, -0.2) is 0 Å². The Hall–Kier alpha value is -2.22. The lowest BCUT2D eigenvalue weighted by molar-refractivity contribution is -0.137. The maximum absolute atomic E-state index is 11.0. The summed E-state index contributed by atoms with van der Waals surface area (Å²) >= 11 is 0. The second kappa shape index (κ2) is 6.29. The first-order valence-corrected chi connectivity index (χ1v) is 6.72. The van der Waals surface area contributed by atoms with E-state index in [0.717, 1.165) is 31.5 Å². The van der Waals surface area contributed by atoms with Crippen LogP contribution in [0.1, 0.15) is 31.2 Å². The second-order valence-electron chi connectivity index (χ2n) is 4.94. The van der Waals surface area contributed by atoms with Crippen LogP contribution in [0, 0.1) is 11.3 Å². The van der Waals surface area contributed by atoms with Crippen LogP contribution in [0.3, 0.4) is 0 Å². The van der Waals surface area contributed by atoms with Gasteiger partial charge < -0.3 is 14.7 Å². The highest BCUT2D eigenvalue weighted by molar-refractivity contribution is 5.70. The number of carbonyl (C=O) groups is 1. The average Bonchev–Trinajstić information content (AvgIpc) is 2.46. The molecule has 0 aromatic heterocycles. The minimum absolute atomic E-state index is 0.0551. The number of piperidine rings is 1. The summed E-state index contributed by atoms with van der Waals surface area (Å²) < 4.78 is 5.21. The lowest BCUT2D eigenvalue weighted by atomic mass is 9.97. The molecule has 1 aromatic rings. The SMILES string of the molecule is COc1ccc(C#N)c(N2CCCCC2CC(=O)O)c1. The molecule has 20 heavy (non-hydrogen) atoms. The van der Waals surface area contributed by atoms with E-state index in [4.69, 9.17) is 9.84 Å². The number of benzene rings is 1. The summed E-state index contributed by atoms with van der Waals surface area (Å²) in [6, 6.07) is 7.41. The van der Waals surface area contributed by atoms with Crippen molar-refractivity contribution in [3.8, 4) is 11.8 Å². The highest BCUT2D eigenvalue weighted by Gasteiger charge is 2.26. The van der Waals surface area contributed by atoms with Gasteiger partial charge in [0.15, 0.2) is 0 Å². The number of rotatable bonds is 4. The summed E-state index contributed by atoms with van der Waals surface area (Å²) in [6.07, 6.45) is 2.98. The van der Waals surface area contributed by atoms with Crippen molar-refractivity contribution in [3.05, 3.63) is 23.8 Å². The van der Waals surface area contributed by atoms with Gasteiger partial charge in [0, 0.05) is 18.7 Å². The number of aliphatic carboxylic acids is 1. The van der Waals surface area contributed by atoms with E-state index < -0.39 is 5.97 Å². The van der Waals surface area contributed by atoms with Crippen molar-refractivity contribution in [2.45, 2.75) is 31.7 Å². The smallest absolute Gasteiger partial charge is 0.305 e. The molecule has 1 unspecified atom stereocenters. The molecule has 0 amide bonds. The van der Waals surface area contributed by atoms with Gasteiger partial charge in [0.25, 0.3) is 0 Å². The minimum Gasteiger partial charge on any atom is -0.497 e. The summed E-state index contributed by atoms with van der Waals surface area (Å²) in [7, 11) is 1.58. The van der Waals surface area contributed by atoms with E-state index in [1.165, 1.54) is 0 Å². The summed E-state index contributed by atoms with van der Waals surface area (Å²) in [6.45, 7) is 0.778. The van der Waals surface area contributed by atoms with Gasteiger partial charge in [-0.05, 0) is 31.4 Å². The van der Waals surface area contributed by atoms with E-state index in [1.54, 1.807) is 19.2 Å². The summed E-state index contributed by atoms with van der Waals surface area (Å²) in [4.78, 5) is 13.0. The Bertz CT molecular complexity index is 536. The molecule has 1 atom stereocenters. The molecule has 106 valence electrons. The van der Waals surface area contributed by atoms with Crippen LogP contribution in [0.5, 0.6) is 5.75 Å². The van der Waals surface area contributed by atoms with E-state index in [1.807, 2.05) is 11.0 Å². The Morgan fingerprint density at radius 3 is 3.00 bits per heavy atom. The third-order valence-electron chi connectivity index (χ3n) is 3.67. The van der Waals surface area contributed by atoms with Gasteiger partial charge in [0.05, 0.1) is 24.8 Å². The second-order valence-corrected chi connectivity index (χ2v) is 4.94. The zero-order chi connectivity index (χ0) is 14.5. The van der Waals surface area contributed by atoms with Crippen LogP contribution in [0.15, 0.2) is 18.2 Å².